The quantitative estimate of drug-likeness (QED) is 0.793. The lowest BCUT2D eigenvalue weighted by Gasteiger charge is -2.08. The average molecular weight is 298 g/mol. The van der Waals surface area contributed by atoms with Crippen LogP contribution in [0.2, 0.25) is 0 Å². The third kappa shape index (κ3) is 2.36. The molecule has 3 rings (SSSR count). The van der Waals surface area contributed by atoms with E-state index in [1.165, 1.54) is 4.68 Å². The van der Waals surface area contributed by atoms with Crippen LogP contribution in [-0.2, 0) is 11.3 Å². The molecule has 1 N–H and O–H groups in total. The van der Waals surface area contributed by atoms with Crippen LogP contribution in [-0.4, -0.2) is 26.6 Å². The number of rotatable bonds is 4. The Labute approximate surface area is 127 Å². The highest BCUT2D eigenvalue weighted by molar-refractivity contribution is 5.87. The Morgan fingerprint density at radius 3 is 2.82 bits per heavy atom. The maximum atomic E-state index is 12.6. The zero-order chi connectivity index (χ0) is 15.7. The molecular formula is C16H18N4O2. The molecule has 0 aliphatic carbocycles. The lowest BCUT2D eigenvalue weighted by atomic mass is 10.2. The third-order valence-electron chi connectivity index (χ3n) is 3.62. The minimum Gasteiger partial charge on any atom is -0.355 e. The van der Waals surface area contributed by atoms with E-state index in [0.29, 0.717) is 17.9 Å². The molecule has 0 saturated heterocycles. The second kappa shape index (κ2) is 5.63. The highest BCUT2D eigenvalue weighted by Gasteiger charge is 2.13. The van der Waals surface area contributed by atoms with Gasteiger partial charge in [0.2, 0.25) is 5.91 Å². The molecule has 3 aromatic rings. The largest absolute Gasteiger partial charge is 0.355 e. The molecule has 1 amide bonds. The van der Waals surface area contributed by atoms with Crippen molar-refractivity contribution in [2.24, 2.45) is 0 Å². The van der Waals surface area contributed by atoms with Crippen LogP contribution in [0.5, 0.6) is 0 Å². The number of nitrogens with zero attached hydrogens (tertiary/aromatic N) is 3. The van der Waals surface area contributed by atoms with Crippen LogP contribution in [0.1, 0.15) is 19.2 Å². The molecule has 6 heteroatoms. The van der Waals surface area contributed by atoms with E-state index in [4.69, 9.17) is 0 Å². The third-order valence-corrected chi connectivity index (χ3v) is 3.62. The van der Waals surface area contributed by atoms with Crippen molar-refractivity contribution in [3.8, 4) is 0 Å². The van der Waals surface area contributed by atoms with Gasteiger partial charge in [-0.3, -0.25) is 14.0 Å². The Bertz CT molecular complexity index is 908. The predicted molar refractivity (Wildman–Crippen MR) is 85.0 cm³/mol. The highest BCUT2D eigenvalue weighted by Crippen LogP contribution is 2.18. The zero-order valence-corrected chi connectivity index (χ0v) is 12.7. The summed E-state index contributed by atoms with van der Waals surface area (Å²) in [6.07, 6.45) is 0.857. The molecule has 22 heavy (non-hydrogen) atoms. The molecular weight excluding hydrogens is 280 g/mol. The summed E-state index contributed by atoms with van der Waals surface area (Å²) in [6.45, 7) is 4.36. The number of hydrogen-bond acceptors (Lipinski definition) is 3. The first-order valence-electron chi connectivity index (χ1n) is 7.36. The van der Waals surface area contributed by atoms with Gasteiger partial charge in [0.15, 0.2) is 0 Å². The monoisotopic (exact) mass is 298 g/mol. The smallest absolute Gasteiger partial charge is 0.291 e. The molecule has 0 unspecified atom stereocenters. The molecule has 0 atom stereocenters. The van der Waals surface area contributed by atoms with Crippen molar-refractivity contribution in [1.29, 1.82) is 0 Å². The first kappa shape index (κ1) is 14.3. The Kier molecular flexibility index (Phi) is 3.66. The minimum atomic E-state index is -0.256. The van der Waals surface area contributed by atoms with Gasteiger partial charge in [-0.2, -0.15) is 5.10 Å². The fourth-order valence-electron chi connectivity index (χ4n) is 2.62. The maximum absolute atomic E-state index is 12.6. The summed E-state index contributed by atoms with van der Waals surface area (Å²) in [5.74, 6) is 0.482. The molecule has 0 saturated carbocycles. The van der Waals surface area contributed by atoms with Crippen LogP contribution in [0.25, 0.3) is 16.4 Å². The Morgan fingerprint density at radius 1 is 1.27 bits per heavy atom. The summed E-state index contributed by atoms with van der Waals surface area (Å²) in [4.78, 5) is 24.4. The number of fused-ring (bicyclic) bond motifs is 3. The van der Waals surface area contributed by atoms with E-state index >= 15 is 0 Å². The molecule has 0 fully saturated rings. The van der Waals surface area contributed by atoms with Gasteiger partial charge in [-0.1, -0.05) is 25.1 Å². The van der Waals surface area contributed by atoms with Crippen molar-refractivity contribution in [3.63, 3.8) is 0 Å². The molecule has 0 spiro atoms. The van der Waals surface area contributed by atoms with Crippen molar-refractivity contribution in [2.45, 2.75) is 26.8 Å². The molecule has 0 aliphatic rings. The van der Waals surface area contributed by atoms with Gasteiger partial charge in [0.1, 0.15) is 17.9 Å². The summed E-state index contributed by atoms with van der Waals surface area (Å²) < 4.78 is 3.06. The summed E-state index contributed by atoms with van der Waals surface area (Å²) >= 11 is 0. The van der Waals surface area contributed by atoms with E-state index in [9.17, 15) is 9.59 Å². The van der Waals surface area contributed by atoms with Crippen molar-refractivity contribution >= 4 is 22.3 Å². The molecule has 0 radical (unpaired) electrons. The minimum absolute atomic E-state index is 0.0578. The summed E-state index contributed by atoms with van der Waals surface area (Å²) in [5, 5.41) is 8.02. The van der Waals surface area contributed by atoms with Crippen molar-refractivity contribution in [3.05, 3.63) is 46.5 Å². The van der Waals surface area contributed by atoms with E-state index in [2.05, 4.69) is 10.4 Å². The Balaban J connectivity index is 2.10. The highest BCUT2D eigenvalue weighted by atomic mass is 16.2. The van der Waals surface area contributed by atoms with Crippen molar-refractivity contribution in [2.75, 3.05) is 6.54 Å². The lowest BCUT2D eigenvalue weighted by Crippen LogP contribution is -2.35. The fraction of sp³-hybridized carbons (Fsp3) is 0.312. The molecule has 0 bridgehead atoms. The fourth-order valence-corrected chi connectivity index (χ4v) is 2.62. The van der Waals surface area contributed by atoms with E-state index in [0.717, 1.165) is 17.3 Å². The van der Waals surface area contributed by atoms with Gasteiger partial charge in [-0.05, 0) is 25.5 Å². The topological polar surface area (TPSA) is 68.4 Å². The van der Waals surface area contributed by atoms with Gasteiger partial charge in [0.25, 0.3) is 5.56 Å². The first-order valence-corrected chi connectivity index (χ1v) is 7.36. The number of benzene rings is 1. The second-order valence-corrected chi connectivity index (χ2v) is 5.28. The molecule has 1 aromatic carbocycles. The second-order valence-electron chi connectivity index (χ2n) is 5.28. The maximum Gasteiger partial charge on any atom is 0.291 e. The van der Waals surface area contributed by atoms with Crippen LogP contribution >= 0.6 is 0 Å². The van der Waals surface area contributed by atoms with Crippen LogP contribution < -0.4 is 10.9 Å². The normalized spacial score (nSPS) is 11.2. The van der Waals surface area contributed by atoms with Crippen LogP contribution in [0.4, 0.5) is 0 Å². The molecule has 0 aliphatic heterocycles. The van der Waals surface area contributed by atoms with E-state index in [1.54, 1.807) is 0 Å². The van der Waals surface area contributed by atoms with Gasteiger partial charge >= 0.3 is 0 Å². The number of carbonyl (C=O) groups is 1. The van der Waals surface area contributed by atoms with Crippen LogP contribution in [0, 0.1) is 6.92 Å². The lowest BCUT2D eigenvalue weighted by molar-refractivity contribution is -0.121. The van der Waals surface area contributed by atoms with Gasteiger partial charge in [-0.15, -0.1) is 0 Å². The Morgan fingerprint density at radius 2 is 2.05 bits per heavy atom. The average Bonchev–Trinajstić information content (AvgIpc) is 2.90. The number of amides is 1. The van der Waals surface area contributed by atoms with E-state index < -0.39 is 0 Å². The van der Waals surface area contributed by atoms with Crippen LogP contribution in [0.3, 0.4) is 0 Å². The van der Waals surface area contributed by atoms with Crippen LogP contribution in [0.15, 0.2) is 35.1 Å². The summed E-state index contributed by atoms with van der Waals surface area (Å²) in [7, 11) is 0. The number of para-hydroxylation sites is 1. The van der Waals surface area contributed by atoms with Gasteiger partial charge in [0, 0.05) is 11.9 Å². The Hall–Kier alpha value is -2.63. The number of aryl methyl sites for hydroxylation is 1. The molecule has 6 nitrogen and oxygen atoms in total. The molecule has 2 aromatic heterocycles. The zero-order valence-electron chi connectivity index (χ0n) is 12.7. The number of nitrogens with one attached hydrogen (secondary N) is 1. The van der Waals surface area contributed by atoms with E-state index in [-0.39, 0.29) is 18.0 Å². The summed E-state index contributed by atoms with van der Waals surface area (Å²) in [6, 6.07) is 9.61. The van der Waals surface area contributed by atoms with Crippen molar-refractivity contribution < 1.29 is 4.79 Å². The van der Waals surface area contributed by atoms with Gasteiger partial charge in [0.05, 0.1) is 5.52 Å². The number of aromatic nitrogens is 3. The standard InChI is InChI=1S/C16H18N4O2/c1-3-8-17-15(21)10-19-16(22)14-9-12-6-4-5-7-13(12)20(14)11(2)18-19/h4-7,9H,3,8,10H2,1-2H3,(H,17,21). The number of hydrogen-bond donors (Lipinski definition) is 1. The molecule has 114 valence electrons. The summed E-state index contributed by atoms with van der Waals surface area (Å²) in [5.41, 5.74) is 1.23. The van der Waals surface area contributed by atoms with Gasteiger partial charge in [-0.25, -0.2) is 4.68 Å². The SMILES string of the molecule is CCCNC(=O)Cn1nc(C)n2c(cc3ccccc32)c1=O. The van der Waals surface area contributed by atoms with Crippen molar-refractivity contribution in [1.82, 2.24) is 19.5 Å². The predicted octanol–water partition coefficient (Wildman–Crippen LogP) is 1.48. The number of carbonyl (C=O) groups excluding carboxylic acids is 1. The van der Waals surface area contributed by atoms with E-state index in [1.807, 2.05) is 48.6 Å². The molecule has 2 heterocycles. The van der Waals surface area contributed by atoms with Gasteiger partial charge < -0.3 is 5.32 Å². The first-order chi connectivity index (χ1) is 10.6.